The number of benzene rings is 2. The molecule has 7 heteroatoms. The van der Waals surface area contributed by atoms with Crippen molar-refractivity contribution in [3.8, 4) is 17.6 Å². The number of halogens is 2. The van der Waals surface area contributed by atoms with Gasteiger partial charge >= 0.3 is 6.61 Å². The van der Waals surface area contributed by atoms with Crippen LogP contribution in [0.3, 0.4) is 0 Å². The quantitative estimate of drug-likeness (QED) is 0.675. The van der Waals surface area contributed by atoms with Gasteiger partial charge in [-0.3, -0.25) is 4.98 Å². The fraction of sp³-hybridized carbons (Fsp3) is 0.238. The van der Waals surface area contributed by atoms with E-state index in [4.69, 9.17) is 4.74 Å². The van der Waals surface area contributed by atoms with Crippen LogP contribution in [0.4, 0.5) is 14.5 Å². The van der Waals surface area contributed by atoms with E-state index in [-0.39, 0.29) is 5.75 Å². The molecule has 0 amide bonds. The Balaban J connectivity index is 1.82. The molecule has 0 atom stereocenters. The number of hydrogen-bond acceptors (Lipinski definition) is 5. The van der Waals surface area contributed by atoms with Gasteiger partial charge < -0.3 is 14.4 Å². The number of ether oxygens (including phenoxy) is 2. The minimum Gasteiger partial charge on any atom is -0.496 e. The van der Waals surface area contributed by atoms with Crippen LogP contribution in [0.15, 0.2) is 42.6 Å². The molecule has 1 aliphatic rings. The number of rotatable bonds is 4. The van der Waals surface area contributed by atoms with Crippen molar-refractivity contribution in [1.29, 1.82) is 5.26 Å². The van der Waals surface area contributed by atoms with Crippen molar-refractivity contribution in [2.45, 2.75) is 19.6 Å². The summed E-state index contributed by atoms with van der Waals surface area (Å²) in [5.41, 5.74) is 3.96. The molecular weight excluding hydrogens is 364 g/mol. The van der Waals surface area contributed by atoms with Gasteiger partial charge in [0.15, 0.2) is 0 Å². The predicted octanol–water partition coefficient (Wildman–Crippen LogP) is 4.28. The smallest absolute Gasteiger partial charge is 0.387 e. The molecule has 28 heavy (non-hydrogen) atoms. The first-order valence-corrected chi connectivity index (χ1v) is 8.78. The monoisotopic (exact) mass is 381 g/mol. The van der Waals surface area contributed by atoms with E-state index in [0.717, 1.165) is 23.3 Å². The molecule has 142 valence electrons. The third-order valence-electron chi connectivity index (χ3n) is 4.92. The number of methoxy groups -OCH3 is 1. The molecule has 0 aliphatic carbocycles. The summed E-state index contributed by atoms with van der Waals surface area (Å²) in [5.74, 6) is 0.893. The molecule has 2 heterocycles. The lowest BCUT2D eigenvalue weighted by Gasteiger charge is -2.32. The van der Waals surface area contributed by atoms with Crippen LogP contribution in [-0.4, -0.2) is 25.3 Å². The van der Waals surface area contributed by atoms with Gasteiger partial charge in [-0.05, 0) is 36.2 Å². The normalized spacial score (nSPS) is 13.3. The van der Waals surface area contributed by atoms with Crippen molar-refractivity contribution >= 4 is 16.6 Å². The molecule has 0 N–H and O–H groups in total. The van der Waals surface area contributed by atoms with Crippen molar-refractivity contribution in [3.05, 3.63) is 59.3 Å². The molecule has 1 aromatic heterocycles. The van der Waals surface area contributed by atoms with Crippen LogP contribution in [-0.2, 0) is 13.0 Å². The molecule has 0 saturated carbocycles. The molecule has 5 nitrogen and oxygen atoms in total. The Labute approximate surface area is 160 Å². The van der Waals surface area contributed by atoms with Crippen molar-refractivity contribution in [3.63, 3.8) is 0 Å². The summed E-state index contributed by atoms with van der Waals surface area (Å²) < 4.78 is 35.3. The number of pyridine rings is 1. The lowest BCUT2D eigenvalue weighted by atomic mass is 9.97. The van der Waals surface area contributed by atoms with Gasteiger partial charge in [0.25, 0.3) is 0 Å². The first-order valence-electron chi connectivity index (χ1n) is 8.78. The van der Waals surface area contributed by atoms with Gasteiger partial charge in [-0.25, -0.2) is 0 Å². The van der Waals surface area contributed by atoms with Crippen LogP contribution in [0.5, 0.6) is 11.5 Å². The molecule has 2 aromatic carbocycles. The van der Waals surface area contributed by atoms with Gasteiger partial charge in [-0.2, -0.15) is 14.0 Å². The highest BCUT2D eigenvalue weighted by Crippen LogP contribution is 2.36. The summed E-state index contributed by atoms with van der Waals surface area (Å²) in [5, 5.41) is 10.2. The second kappa shape index (κ2) is 7.31. The summed E-state index contributed by atoms with van der Waals surface area (Å²) in [6.07, 6.45) is 2.27. The van der Waals surface area contributed by atoms with Crippen molar-refractivity contribution in [2.24, 2.45) is 0 Å². The van der Waals surface area contributed by atoms with Crippen molar-refractivity contribution < 1.29 is 18.3 Å². The zero-order chi connectivity index (χ0) is 19.7. The van der Waals surface area contributed by atoms with E-state index >= 15 is 0 Å². The molecule has 4 rings (SSSR count). The Morgan fingerprint density at radius 3 is 2.86 bits per heavy atom. The number of alkyl halides is 2. The Morgan fingerprint density at radius 1 is 1.25 bits per heavy atom. The molecular formula is C21H17F2N3O2. The zero-order valence-electron chi connectivity index (χ0n) is 15.2. The standard InChI is InChI=1S/C21H17F2N3O2/c1-27-19-4-2-3-13-12-26(8-7-16(13)19)20-14(10-24)11-25-18-6-5-15(9-17(18)20)28-21(22)23/h2-6,9,11,21H,7-8,12H2,1H3. The van der Waals surface area contributed by atoms with Crippen molar-refractivity contribution in [1.82, 2.24) is 4.98 Å². The largest absolute Gasteiger partial charge is 0.496 e. The van der Waals surface area contributed by atoms with E-state index in [9.17, 15) is 14.0 Å². The average molecular weight is 381 g/mol. The van der Waals surface area contributed by atoms with Gasteiger partial charge in [0.05, 0.1) is 23.9 Å². The maximum Gasteiger partial charge on any atom is 0.387 e. The molecule has 0 fully saturated rings. The molecule has 1 aliphatic heterocycles. The van der Waals surface area contributed by atoms with Crippen LogP contribution in [0.25, 0.3) is 10.9 Å². The van der Waals surface area contributed by atoms with Gasteiger partial charge in [0.1, 0.15) is 17.6 Å². The fourth-order valence-electron chi connectivity index (χ4n) is 3.71. The summed E-state index contributed by atoms with van der Waals surface area (Å²) in [6, 6.07) is 12.7. The molecule has 0 bridgehead atoms. The maximum atomic E-state index is 12.6. The number of hydrogen-bond donors (Lipinski definition) is 0. The van der Waals surface area contributed by atoms with Crippen LogP contribution >= 0.6 is 0 Å². The number of fused-ring (bicyclic) bond motifs is 2. The van der Waals surface area contributed by atoms with E-state index in [1.807, 2.05) is 18.2 Å². The van der Waals surface area contributed by atoms with Crippen molar-refractivity contribution in [2.75, 3.05) is 18.6 Å². The fourth-order valence-corrected chi connectivity index (χ4v) is 3.71. The summed E-state index contributed by atoms with van der Waals surface area (Å²) in [6.45, 7) is -1.66. The Hall–Kier alpha value is -3.40. The number of anilines is 1. The predicted molar refractivity (Wildman–Crippen MR) is 101 cm³/mol. The Morgan fingerprint density at radius 2 is 2.11 bits per heavy atom. The topological polar surface area (TPSA) is 58.4 Å². The molecule has 0 radical (unpaired) electrons. The lowest BCUT2D eigenvalue weighted by Crippen LogP contribution is -2.31. The summed E-state index contributed by atoms with van der Waals surface area (Å²) in [7, 11) is 1.65. The van der Waals surface area contributed by atoms with Gasteiger partial charge in [0, 0.05) is 30.2 Å². The van der Waals surface area contributed by atoms with Gasteiger partial charge in [-0.1, -0.05) is 12.1 Å². The lowest BCUT2D eigenvalue weighted by molar-refractivity contribution is -0.0497. The third kappa shape index (κ3) is 3.18. The van der Waals surface area contributed by atoms with Gasteiger partial charge in [-0.15, -0.1) is 0 Å². The highest BCUT2D eigenvalue weighted by Gasteiger charge is 2.23. The first-order chi connectivity index (χ1) is 13.6. The summed E-state index contributed by atoms with van der Waals surface area (Å²) in [4.78, 5) is 6.37. The highest BCUT2D eigenvalue weighted by atomic mass is 19.3. The van der Waals surface area contributed by atoms with E-state index in [2.05, 4.69) is 20.7 Å². The van der Waals surface area contributed by atoms with E-state index in [1.165, 1.54) is 18.3 Å². The first kappa shape index (κ1) is 18.0. The number of nitrogens with zero attached hydrogens (tertiary/aromatic N) is 3. The SMILES string of the molecule is COc1cccc2c1CCN(c1c(C#N)cnc3ccc(OC(F)F)cc13)C2. The van der Waals surface area contributed by atoms with Crippen LogP contribution in [0, 0.1) is 11.3 Å². The highest BCUT2D eigenvalue weighted by molar-refractivity contribution is 5.95. The maximum absolute atomic E-state index is 12.6. The number of nitriles is 1. The van der Waals surface area contributed by atoms with Gasteiger partial charge in [0.2, 0.25) is 0 Å². The van der Waals surface area contributed by atoms with Crippen LogP contribution in [0.2, 0.25) is 0 Å². The second-order valence-electron chi connectivity index (χ2n) is 6.46. The molecule has 0 spiro atoms. The van der Waals surface area contributed by atoms with Crippen LogP contribution < -0.4 is 14.4 Å². The Bertz CT molecular complexity index is 1080. The average Bonchev–Trinajstić information content (AvgIpc) is 2.71. The van der Waals surface area contributed by atoms with E-state index in [0.29, 0.717) is 35.2 Å². The molecule has 0 unspecified atom stereocenters. The molecule has 0 saturated heterocycles. The minimum atomic E-state index is -2.91. The van der Waals surface area contributed by atoms with E-state index in [1.54, 1.807) is 13.2 Å². The van der Waals surface area contributed by atoms with Crippen LogP contribution in [0.1, 0.15) is 16.7 Å². The number of aromatic nitrogens is 1. The Kier molecular flexibility index (Phi) is 4.70. The van der Waals surface area contributed by atoms with E-state index < -0.39 is 6.61 Å². The zero-order valence-corrected chi connectivity index (χ0v) is 15.2. The second-order valence-corrected chi connectivity index (χ2v) is 6.46. The summed E-state index contributed by atoms with van der Waals surface area (Å²) >= 11 is 0. The third-order valence-corrected chi connectivity index (χ3v) is 4.92. The molecule has 3 aromatic rings. The minimum absolute atomic E-state index is 0.0414.